The Bertz CT molecular complexity index is 1790. The van der Waals surface area contributed by atoms with Gasteiger partial charge >= 0.3 is 12.4 Å². The quantitative estimate of drug-likeness (QED) is 0.132. The molecule has 2 aromatic carbocycles. The Labute approximate surface area is 290 Å². The van der Waals surface area contributed by atoms with Gasteiger partial charge in [-0.3, -0.25) is 20.2 Å². The SMILES string of the molecule is O=C([O-])C(F)(F)F.O=C([O-])C(F)(F)F.O=[N+]([O-])c1ccc2c(c1)c1cc[n+]2CCCCC[n+]2ccc(c3cc([N+](=O)[O-])ccc32)NCCCCCN1. The lowest BCUT2D eigenvalue weighted by molar-refractivity contribution is -0.675. The summed E-state index contributed by atoms with van der Waals surface area (Å²) in [7, 11) is 0. The molecule has 0 aliphatic carbocycles. The number of pyridine rings is 2. The fourth-order valence-electron chi connectivity index (χ4n) is 5.19. The normalized spacial score (nSPS) is 14.1. The number of hydrogen-bond donors (Lipinski definition) is 2. The first-order valence-electron chi connectivity index (χ1n) is 15.7. The number of aryl methyl sites for hydroxylation is 2. The lowest BCUT2D eigenvalue weighted by Gasteiger charge is -2.12. The van der Waals surface area contributed by atoms with Crippen LogP contribution in [0.1, 0.15) is 38.5 Å². The number of alkyl halides is 6. The van der Waals surface area contributed by atoms with Crippen molar-refractivity contribution in [3.8, 4) is 0 Å². The largest absolute Gasteiger partial charge is 0.542 e. The Kier molecular flexibility index (Phi) is 14.0. The highest BCUT2D eigenvalue weighted by molar-refractivity contribution is 5.91. The average molecular weight is 743 g/mol. The second-order valence-corrected chi connectivity index (χ2v) is 11.3. The molecule has 6 rings (SSSR count). The summed E-state index contributed by atoms with van der Waals surface area (Å²) >= 11 is 0. The van der Waals surface area contributed by atoms with E-state index in [9.17, 15) is 46.6 Å². The number of benzene rings is 2. The topological polar surface area (TPSA) is 198 Å². The van der Waals surface area contributed by atoms with E-state index in [0.717, 1.165) is 97.9 Å². The third-order valence-electron chi connectivity index (χ3n) is 7.67. The molecule has 2 aromatic heterocycles. The van der Waals surface area contributed by atoms with E-state index >= 15 is 0 Å². The van der Waals surface area contributed by atoms with Gasteiger partial charge in [0.2, 0.25) is 11.0 Å². The van der Waals surface area contributed by atoms with Crippen LogP contribution < -0.4 is 30.0 Å². The van der Waals surface area contributed by atoms with Crippen molar-refractivity contribution in [1.82, 2.24) is 0 Å². The second kappa shape index (κ2) is 17.9. The number of anilines is 2. The van der Waals surface area contributed by atoms with E-state index in [0.29, 0.717) is 0 Å². The molecule has 0 fully saturated rings. The Hall–Kier alpha value is -5.82. The highest BCUT2D eigenvalue weighted by atomic mass is 19.4. The molecule has 4 heterocycles. The summed E-state index contributed by atoms with van der Waals surface area (Å²) in [6, 6.07) is 14.2. The summed E-state index contributed by atoms with van der Waals surface area (Å²) in [6.45, 7) is 3.16. The minimum absolute atomic E-state index is 0.0964. The van der Waals surface area contributed by atoms with Crippen LogP contribution in [-0.4, -0.2) is 47.2 Å². The maximum absolute atomic E-state index is 11.4. The Morgan fingerprint density at radius 3 is 1.27 bits per heavy atom. The molecule has 2 N–H and O–H groups in total. The number of non-ortho nitro benzene ring substituents is 2. The van der Waals surface area contributed by atoms with E-state index < -0.39 is 24.3 Å². The number of nitrogens with zero attached hydrogens (tertiary/aromatic N) is 4. The zero-order chi connectivity index (χ0) is 38.6. The lowest BCUT2D eigenvalue weighted by atomic mass is 10.1. The number of aliphatic carboxylic acids is 2. The van der Waals surface area contributed by atoms with E-state index in [1.807, 2.05) is 24.3 Å². The molecular weight excluding hydrogens is 710 g/mol. The molecule has 14 nitrogen and oxygen atoms in total. The minimum atomic E-state index is -5.19. The molecule has 280 valence electrons. The lowest BCUT2D eigenvalue weighted by Crippen LogP contribution is -2.37. The number of fused-ring (bicyclic) bond motifs is 12. The third-order valence-corrected chi connectivity index (χ3v) is 7.67. The summed E-state index contributed by atoms with van der Waals surface area (Å²) in [5.41, 5.74) is 3.99. The summed E-state index contributed by atoms with van der Waals surface area (Å²) in [5.74, 6) is -6.01. The molecule has 0 saturated carbocycles. The summed E-state index contributed by atoms with van der Waals surface area (Å²) in [4.78, 5) is 39.7. The Balaban J connectivity index is 0.000000441. The molecule has 2 aliphatic heterocycles. The predicted octanol–water partition coefficient (Wildman–Crippen LogP) is 3.86. The molecule has 52 heavy (non-hydrogen) atoms. The van der Waals surface area contributed by atoms with Crippen molar-refractivity contribution in [3.63, 3.8) is 0 Å². The summed E-state index contributed by atoms with van der Waals surface area (Å²) < 4.78 is 67.4. The molecule has 0 amide bonds. The summed E-state index contributed by atoms with van der Waals surface area (Å²) in [5, 5.41) is 49.1. The van der Waals surface area contributed by atoms with Crippen LogP contribution in [0.3, 0.4) is 0 Å². The molecule has 4 bridgehead atoms. The Morgan fingerprint density at radius 1 is 0.596 bits per heavy atom. The van der Waals surface area contributed by atoms with Gasteiger partial charge in [0, 0.05) is 74.5 Å². The molecule has 0 radical (unpaired) electrons. The monoisotopic (exact) mass is 742 g/mol. The average Bonchev–Trinajstić information content (AvgIpc) is 3.07. The number of carboxylic acids is 2. The first-order chi connectivity index (χ1) is 24.4. The van der Waals surface area contributed by atoms with Crippen LogP contribution in [0.2, 0.25) is 0 Å². The standard InChI is InChI=1S/C28H30N6O4.2C2HF3O2/c35-33(36)21-7-9-27-23(19-21)25-11-17-31(27)15-5-2-6-16-32-18-12-26(30-14-4-1-3-13-29-25)24-20-22(34(37)38)8-10-28(24)32;2*3-2(4,5)1(6)7/h7-12,17-20H,1-6,13-16H2;2*(H,6,7). The zero-order valence-electron chi connectivity index (χ0n) is 27.2. The van der Waals surface area contributed by atoms with Gasteiger partial charge in [0.05, 0.1) is 32.0 Å². The number of halogens is 6. The van der Waals surface area contributed by atoms with Gasteiger partial charge < -0.3 is 30.4 Å². The second-order valence-electron chi connectivity index (χ2n) is 11.3. The third kappa shape index (κ3) is 11.6. The molecule has 4 aromatic rings. The van der Waals surface area contributed by atoms with E-state index in [1.165, 1.54) is 0 Å². The molecule has 2 aliphatic rings. The van der Waals surface area contributed by atoms with E-state index in [-0.39, 0.29) is 21.2 Å². The van der Waals surface area contributed by atoms with Gasteiger partial charge in [0.15, 0.2) is 12.4 Å². The molecule has 0 atom stereocenters. The van der Waals surface area contributed by atoms with Gasteiger partial charge in [-0.1, -0.05) is 0 Å². The number of rotatable bonds is 2. The van der Waals surface area contributed by atoms with Gasteiger partial charge in [-0.2, -0.15) is 35.5 Å². The number of nitro benzene ring substituents is 2. The number of hydrogen-bond acceptors (Lipinski definition) is 10. The van der Waals surface area contributed by atoms with E-state index in [4.69, 9.17) is 19.8 Å². The first-order valence-corrected chi connectivity index (χ1v) is 15.7. The van der Waals surface area contributed by atoms with Crippen molar-refractivity contribution in [1.29, 1.82) is 0 Å². The number of carboxylic acid groups (broad SMARTS) is 2. The molecule has 0 unspecified atom stereocenters. The molecule has 0 spiro atoms. The first kappa shape index (κ1) is 40.6. The van der Waals surface area contributed by atoms with Crippen molar-refractivity contribution < 1.29 is 65.1 Å². The fraction of sp³-hybridized carbons (Fsp3) is 0.375. The molecular formula is C32H32F6N6O8. The predicted molar refractivity (Wildman–Crippen MR) is 168 cm³/mol. The van der Waals surface area contributed by atoms with Crippen LogP contribution in [0.4, 0.5) is 49.1 Å². The van der Waals surface area contributed by atoms with Crippen LogP contribution in [0.5, 0.6) is 0 Å². The fourth-order valence-corrected chi connectivity index (χ4v) is 5.19. The van der Waals surface area contributed by atoms with Crippen LogP contribution >= 0.6 is 0 Å². The van der Waals surface area contributed by atoms with Crippen molar-refractivity contribution in [2.75, 3.05) is 23.7 Å². The van der Waals surface area contributed by atoms with Gasteiger partial charge in [0.25, 0.3) is 11.4 Å². The number of aromatic nitrogens is 2. The van der Waals surface area contributed by atoms with Crippen LogP contribution in [-0.2, 0) is 22.7 Å². The van der Waals surface area contributed by atoms with Crippen molar-refractivity contribution in [3.05, 3.63) is 81.2 Å². The number of nitro groups is 2. The maximum Gasteiger partial charge on any atom is 0.430 e. The van der Waals surface area contributed by atoms with Gasteiger partial charge in [-0.05, 0) is 25.7 Å². The van der Waals surface area contributed by atoms with E-state index in [2.05, 4.69) is 32.2 Å². The number of carbonyl (C=O) groups excluding carboxylic acids is 2. The highest BCUT2D eigenvalue weighted by Crippen LogP contribution is 2.27. The molecule has 0 saturated heterocycles. The van der Waals surface area contributed by atoms with Gasteiger partial charge in [-0.25, -0.2) is 0 Å². The van der Waals surface area contributed by atoms with Crippen molar-refractivity contribution in [2.24, 2.45) is 0 Å². The smallest absolute Gasteiger partial charge is 0.430 e. The van der Waals surface area contributed by atoms with Crippen LogP contribution in [0.25, 0.3) is 21.8 Å². The zero-order valence-corrected chi connectivity index (χ0v) is 27.2. The van der Waals surface area contributed by atoms with Gasteiger partial charge in [0.1, 0.15) is 25.0 Å². The minimum Gasteiger partial charge on any atom is -0.542 e. The van der Waals surface area contributed by atoms with Crippen LogP contribution in [0.15, 0.2) is 60.9 Å². The van der Waals surface area contributed by atoms with Crippen LogP contribution in [0, 0.1) is 20.2 Å². The van der Waals surface area contributed by atoms with E-state index in [1.54, 1.807) is 24.3 Å². The van der Waals surface area contributed by atoms with Gasteiger partial charge in [-0.15, -0.1) is 0 Å². The summed E-state index contributed by atoms with van der Waals surface area (Å²) in [6.07, 6.45) is -0.430. The highest BCUT2D eigenvalue weighted by Gasteiger charge is 2.29. The Morgan fingerprint density at radius 2 is 0.942 bits per heavy atom. The molecule has 20 heteroatoms. The van der Waals surface area contributed by atoms with Crippen molar-refractivity contribution in [2.45, 2.75) is 64.0 Å². The number of nitrogens with one attached hydrogen (secondary N) is 2. The maximum atomic E-state index is 11.4. The number of carbonyl (C=O) groups is 2. The van der Waals surface area contributed by atoms with Crippen molar-refractivity contribution >= 4 is 56.5 Å².